The molecule has 1 heterocycles. The Bertz CT molecular complexity index is 862. The fourth-order valence-corrected chi connectivity index (χ4v) is 2.79. The van der Waals surface area contributed by atoms with E-state index in [1.165, 1.54) is 11.9 Å². The maximum atomic E-state index is 6.23. The largest absolute Gasteiger partial charge is 0.393 e. The van der Waals surface area contributed by atoms with Crippen LogP contribution in [0.2, 0.25) is 0 Å². The van der Waals surface area contributed by atoms with Crippen LogP contribution in [0.25, 0.3) is 0 Å². The third kappa shape index (κ3) is 4.28. The summed E-state index contributed by atoms with van der Waals surface area (Å²) in [7, 11) is 0. The van der Waals surface area contributed by atoms with Crippen LogP contribution in [0.1, 0.15) is 25.3 Å². The first-order chi connectivity index (χ1) is 12.0. The number of nitrogens with two attached hydrogens (primary N) is 1. The predicted octanol–water partition coefficient (Wildman–Crippen LogP) is 5.43. The second-order valence-corrected chi connectivity index (χ2v) is 6.94. The van der Waals surface area contributed by atoms with Crippen molar-refractivity contribution < 1.29 is 0 Å². The van der Waals surface area contributed by atoms with Gasteiger partial charge in [-0.05, 0) is 41.8 Å². The van der Waals surface area contributed by atoms with E-state index in [-0.39, 0.29) is 0 Å². The van der Waals surface area contributed by atoms with Gasteiger partial charge in [-0.2, -0.15) is 0 Å². The van der Waals surface area contributed by atoms with Gasteiger partial charge in [0.15, 0.2) is 11.6 Å². The van der Waals surface area contributed by atoms with Crippen molar-refractivity contribution in [2.45, 2.75) is 19.8 Å². The summed E-state index contributed by atoms with van der Waals surface area (Å²) < 4.78 is 0.980. The van der Waals surface area contributed by atoms with Crippen LogP contribution in [0.3, 0.4) is 0 Å². The quantitative estimate of drug-likeness (QED) is 0.534. The van der Waals surface area contributed by atoms with Gasteiger partial charge < -0.3 is 16.4 Å². The maximum absolute atomic E-state index is 6.23. The lowest BCUT2D eigenvalue weighted by Gasteiger charge is -2.13. The number of rotatable bonds is 5. The van der Waals surface area contributed by atoms with E-state index < -0.39 is 0 Å². The Morgan fingerprint density at radius 3 is 2.16 bits per heavy atom. The zero-order chi connectivity index (χ0) is 17.8. The Morgan fingerprint density at radius 1 is 0.920 bits per heavy atom. The van der Waals surface area contributed by atoms with Gasteiger partial charge in [0.2, 0.25) is 0 Å². The maximum Gasteiger partial charge on any atom is 0.159 e. The van der Waals surface area contributed by atoms with Crippen LogP contribution in [0.5, 0.6) is 0 Å². The molecule has 0 saturated carbocycles. The fourth-order valence-electron chi connectivity index (χ4n) is 2.39. The van der Waals surface area contributed by atoms with Gasteiger partial charge in [-0.3, -0.25) is 0 Å². The average molecular weight is 398 g/mol. The molecule has 3 aromatic rings. The lowest BCUT2D eigenvalue weighted by Crippen LogP contribution is -2.05. The van der Waals surface area contributed by atoms with Crippen LogP contribution in [-0.2, 0) is 0 Å². The van der Waals surface area contributed by atoms with Gasteiger partial charge in [-0.25, -0.2) is 9.97 Å². The van der Waals surface area contributed by atoms with Crippen molar-refractivity contribution in [1.29, 1.82) is 0 Å². The molecule has 0 amide bonds. The molecule has 0 saturated heterocycles. The van der Waals surface area contributed by atoms with E-state index in [0.29, 0.717) is 23.2 Å². The zero-order valence-electron chi connectivity index (χ0n) is 14.1. The van der Waals surface area contributed by atoms with E-state index in [4.69, 9.17) is 5.73 Å². The molecule has 0 bridgehead atoms. The summed E-state index contributed by atoms with van der Waals surface area (Å²) in [4.78, 5) is 8.49. The minimum absolute atomic E-state index is 0.468. The van der Waals surface area contributed by atoms with Gasteiger partial charge in [0, 0.05) is 15.8 Å². The Labute approximate surface area is 155 Å². The molecule has 0 radical (unpaired) electrons. The standard InChI is InChI=1S/C19H20BrN5/c1-12(2)13-6-8-15(9-7-13)24-18-17(21)19(23-11-22-18)25-16-5-3-4-14(20)10-16/h3-12H,21H2,1-2H3,(H2,22,23,24,25). The minimum Gasteiger partial charge on any atom is -0.393 e. The molecular weight excluding hydrogens is 378 g/mol. The molecule has 1 aromatic heterocycles. The Morgan fingerprint density at radius 2 is 1.56 bits per heavy atom. The van der Waals surface area contributed by atoms with Gasteiger partial charge >= 0.3 is 0 Å². The smallest absolute Gasteiger partial charge is 0.159 e. The Kier molecular flexibility index (Phi) is 5.19. The molecule has 0 unspecified atom stereocenters. The van der Waals surface area contributed by atoms with E-state index in [9.17, 15) is 0 Å². The Balaban J connectivity index is 1.81. The first-order valence-corrected chi connectivity index (χ1v) is 8.82. The van der Waals surface area contributed by atoms with Crippen LogP contribution in [0.4, 0.5) is 28.7 Å². The summed E-state index contributed by atoms with van der Waals surface area (Å²) in [6.45, 7) is 4.34. The van der Waals surface area contributed by atoms with Crippen molar-refractivity contribution in [2.75, 3.05) is 16.4 Å². The normalized spacial score (nSPS) is 10.7. The summed E-state index contributed by atoms with van der Waals surface area (Å²) in [5.74, 6) is 1.64. The lowest BCUT2D eigenvalue weighted by molar-refractivity contribution is 0.867. The SMILES string of the molecule is CC(C)c1ccc(Nc2ncnc(Nc3cccc(Br)c3)c2N)cc1. The molecule has 4 N–H and O–H groups in total. The van der Waals surface area contributed by atoms with Crippen molar-refractivity contribution in [3.05, 3.63) is 64.9 Å². The molecule has 0 fully saturated rings. The molecule has 5 nitrogen and oxygen atoms in total. The van der Waals surface area contributed by atoms with Crippen molar-refractivity contribution in [1.82, 2.24) is 9.97 Å². The second kappa shape index (κ2) is 7.53. The number of nitrogens with one attached hydrogen (secondary N) is 2. The molecule has 128 valence electrons. The number of anilines is 5. The number of nitrogen functional groups attached to an aromatic ring is 1. The molecule has 2 aromatic carbocycles. The predicted molar refractivity (Wildman–Crippen MR) is 108 cm³/mol. The van der Waals surface area contributed by atoms with Gasteiger partial charge in [-0.1, -0.05) is 48.0 Å². The molecule has 25 heavy (non-hydrogen) atoms. The lowest BCUT2D eigenvalue weighted by atomic mass is 10.0. The van der Waals surface area contributed by atoms with Crippen LogP contribution in [0.15, 0.2) is 59.3 Å². The summed E-state index contributed by atoms with van der Waals surface area (Å²) >= 11 is 3.45. The van der Waals surface area contributed by atoms with E-state index in [2.05, 4.69) is 62.5 Å². The summed E-state index contributed by atoms with van der Waals surface area (Å²) in [5.41, 5.74) is 9.82. The highest BCUT2D eigenvalue weighted by Crippen LogP contribution is 2.29. The van der Waals surface area contributed by atoms with Crippen molar-refractivity contribution >= 4 is 44.6 Å². The van der Waals surface area contributed by atoms with Crippen molar-refractivity contribution in [2.24, 2.45) is 0 Å². The average Bonchev–Trinajstić information content (AvgIpc) is 2.59. The third-order valence-electron chi connectivity index (χ3n) is 3.81. The van der Waals surface area contributed by atoms with E-state index >= 15 is 0 Å². The highest BCUT2D eigenvalue weighted by atomic mass is 79.9. The van der Waals surface area contributed by atoms with Gasteiger partial charge in [-0.15, -0.1) is 0 Å². The van der Waals surface area contributed by atoms with Gasteiger partial charge in [0.25, 0.3) is 0 Å². The van der Waals surface area contributed by atoms with Crippen LogP contribution < -0.4 is 16.4 Å². The highest BCUT2D eigenvalue weighted by Gasteiger charge is 2.09. The summed E-state index contributed by atoms with van der Waals surface area (Å²) in [6.07, 6.45) is 1.49. The van der Waals surface area contributed by atoms with Crippen molar-refractivity contribution in [3.63, 3.8) is 0 Å². The summed E-state index contributed by atoms with van der Waals surface area (Å²) in [5, 5.41) is 6.47. The molecule has 0 aliphatic heterocycles. The molecule has 0 aliphatic rings. The van der Waals surface area contributed by atoms with Crippen LogP contribution in [-0.4, -0.2) is 9.97 Å². The Hall–Kier alpha value is -2.60. The molecule has 0 atom stereocenters. The highest BCUT2D eigenvalue weighted by molar-refractivity contribution is 9.10. The fraction of sp³-hybridized carbons (Fsp3) is 0.158. The number of hydrogen-bond donors (Lipinski definition) is 3. The first-order valence-electron chi connectivity index (χ1n) is 8.03. The molecule has 6 heteroatoms. The summed E-state index contributed by atoms with van der Waals surface area (Å²) in [6, 6.07) is 16.1. The number of hydrogen-bond acceptors (Lipinski definition) is 5. The van der Waals surface area contributed by atoms with E-state index in [1.54, 1.807) is 0 Å². The van der Waals surface area contributed by atoms with Crippen LogP contribution >= 0.6 is 15.9 Å². The van der Waals surface area contributed by atoms with E-state index in [0.717, 1.165) is 15.8 Å². The first kappa shape index (κ1) is 17.2. The monoisotopic (exact) mass is 397 g/mol. The molecule has 0 spiro atoms. The number of benzene rings is 2. The topological polar surface area (TPSA) is 75.9 Å². The minimum atomic E-state index is 0.468. The molecule has 3 rings (SSSR count). The van der Waals surface area contributed by atoms with Crippen molar-refractivity contribution in [3.8, 4) is 0 Å². The second-order valence-electron chi connectivity index (χ2n) is 6.02. The zero-order valence-corrected chi connectivity index (χ0v) is 15.7. The van der Waals surface area contributed by atoms with E-state index in [1.807, 2.05) is 36.4 Å². The third-order valence-corrected chi connectivity index (χ3v) is 4.30. The number of aromatic nitrogens is 2. The van der Waals surface area contributed by atoms with Crippen LogP contribution in [0, 0.1) is 0 Å². The molecular formula is C19H20BrN5. The molecule has 0 aliphatic carbocycles. The van der Waals surface area contributed by atoms with Gasteiger partial charge in [0.1, 0.15) is 12.0 Å². The number of halogens is 1. The number of nitrogens with zero attached hydrogens (tertiary/aromatic N) is 2. The van der Waals surface area contributed by atoms with Gasteiger partial charge in [0.05, 0.1) is 0 Å².